The van der Waals surface area contributed by atoms with Crippen molar-refractivity contribution < 1.29 is 13.9 Å². The second kappa shape index (κ2) is 6.44. The molecule has 5 heteroatoms. The summed E-state index contributed by atoms with van der Waals surface area (Å²) in [6.45, 7) is 3.73. The van der Waals surface area contributed by atoms with Crippen LogP contribution in [0.5, 0.6) is 5.75 Å². The molecule has 5 nitrogen and oxygen atoms in total. The molecular weight excluding hydrogens is 292 g/mol. The number of benzene rings is 2. The fourth-order valence-electron chi connectivity index (χ4n) is 2.19. The standard InChI is InChI=1S/C18H16N2O3/c1-12-3-5-14(6-4-12)17(21)13(2)23-16-9-7-15(8-10-16)18-20-19-11-22-18/h3-11,13H,1-2H3/t13-/m0/s1. The van der Waals surface area contributed by atoms with E-state index >= 15 is 0 Å². The Morgan fingerprint density at radius 1 is 1.09 bits per heavy atom. The molecule has 0 aliphatic heterocycles. The van der Waals surface area contributed by atoms with Gasteiger partial charge in [0.25, 0.3) is 0 Å². The lowest BCUT2D eigenvalue weighted by Crippen LogP contribution is -2.23. The van der Waals surface area contributed by atoms with Gasteiger partial charge in [-0.05, 0) is 38.1 Å². The zero-order valence-corrected chi connectivity index (χ0v) is 12.9. The van der Waals surface area contributed by atoms with Gasteiger partial charge in [-0.3, -0.25) is 4.79 Å². The highest BCUT2D eigenvalue weighted by atomic mass is 16.5. The van der Waals surface area contributed by atoms with E-state index in [0.29, 0.717) is 17.2 Å². The Morgan fingerprint density at radius 3 is 2.39 bits per heavy atom. The number of hydrogen-bond donors (Lipinski definition) is 0. The van der Waals surface area contributed by atoms with Gasteiger partial charge in [-0.2, -0.15) is 0 Å². The van der Waals surface area contributed by atoms with Gasteiger partial charge in [0, 0.05) is 11.1 Å². The Hall–Kier alpha value is -2.95. The molecule has 23 heavy (non-hydrogen) atoms. The fraction of sp³-hybridized carbons (Fsp3) is 0.167. The van der Waals surface area contributed by atoms with Gasteiger partial charge in [-0.25, -0.2) is 0 Å². The summed E-state index contributed by atoms with van der Waals surface area (Å²) in [6, 6.07) is 14.6. The number of Topliss-reactive ketones (excluding diaryl/α,β-unsaturated/α-hetero) is 1. The summed E-state index contributed by atoms with van der Waals surface area (Å²) in [5.74, 6) is 1.01. The summed E-state index contributed by atoms with van der Waals surface area (Å²) in [6.07, 6.45) is 0.717. The third kappa shape index (κ3) is 3.45. The van der Waals surface area contributed by atoms with E-state index in [-0.39, 0.29) is 5.78 Å². The number of ether oxygens (including phenoxy) is 1. The van der Waals surface area contributed by atoms with Crippen molar-refractivity contribution in [2.24, 2.45) is 0 Å². The van der Waals surface area contributed by atoms with Crippen molar-refractivity contribution in [3.63, 3.8) is 0 Å². The Labute approximate surface area is 133 Å². The zero-order chi connectivity index (χ0) is 16.2. The number of nitrogens with zero attached hydrogens (tertiary/aromatic N) is 2. The number of aromatic nitrogens is 2. The monoisotopic (exact) mass is 308 g/mol. The van der Waals surface area contributed by atoms with Gasteiger partial charge in [-0.1, -0.05) is 29.8 Å². The van der Waals surface area contributed by atoms with E-state index in [9.17, 15) is 4.79 Å². The molecule has 0 aliphatic rings. The van der Waals surface area contributed by atoms with Crippen LogP contribution in [0.3, 0.4) is 0 Å². The van der Waals surface area contributed by atoms with Crippen LogP contribution < -0.4 is 4.74 Å². The molecular formula is C18H16N2O3. The molecule has 1 aromatic heterocycles. The number of ketones is 1. The molecule has 0 saturated carbocycles. The van der Waals surface area contributed by atoms with E-state index in [4.69, 9.17) is 9.15 Å². The molecule has 0 amide bonds. The van der Waals surface area contributed by atoms with Crippen LogP contribution in [0, 0.1) is 6.92 Å². The maximum Gasteiger partial charge on any atom is 0.247 e. The molecule has 0 unspecified atom stereocenters. The maximum atomic E-state index is 12.4. The van der Waals surface area contributed by atoms with Gasteiger partial charge in [0.15, 0.2) is 6.10 Å². The topological polar surface area (TPSA) is 65.2 Å². The van der Waals surface area contributed by atoms with Crippen LogP contribution in [0.4, 0.5) is 0 Å². The molecule has 116 valence electrons. The number of carbonyl (C=O) groups excluding carboxylic acids is 1. The molecule has 0 aliphatic carbocycles. The lowest BCUT2D eigenvalue weighted by molar-refractivity contribution is 0.0818. The van der Waals surface area contributed by atoms with Crippen LogP contribution in [-0.2, 0) is 0 Å². The van der Waals surface area contributed by atoms with E-state index < -0.39 is 6.10 Å². The van der Waals surface area contributed by atoms with Crippen molar-refractivity contribution in [1.29, 1.82) is 0 Å². The van der Waals surface area contributed by atoms with Gasteiger partial charge in [0.2, 0.25) is 18.1 Å². The molecule has 1 heterocycles. The van der Waals surface area contributed by atoms with Crippen LogP contribution in [0.15, 0.2) is 59.3 Å². The quantitative estimate of drug-likeness (QED) is 0.672. The minimum Gasteiger partial charge on any atom is -0.483 e. The highest BCUT2D eigenvalue weighted by molar-refractivity contribution is 5.99. The van der Waals surface area contributed by atoms with Gasteiger partial charge < -0.3 is 9.15 Å². The van der Waals surface area contributed by atoms with Crippen molar-refractivity contribution in [1.82, 2.24) is 10.2 Å². The van der Waals surface area contributed by atoms with Crippen LogP contribution in [0.25, 0.3) is 11.5 Å². The van der Waals surface area contributed by atoms with Gasteiger partial charge >= 0.3 is 0 Å². The molecule has 0 radical (unpaired) electrons. The van der Waals surface area contributed by atoms with Crippen LogP contribution >= 0.6 is 0 Å². The fourth-order valence-corrected chi connectivity index (χ4v) is 2.19. The lowest BCUT2D eigenvalue weighted by Gasteiger charge is -2.14. The average molecular weight is 308 g/mol. The van der Waals surface area contributed by atoms with E-state index in [1.54, 1.807) is 19.1 Å². The summed E-state index contributed by atoms with van der Waals surface area (Å²) in [5, 5.41) is 7.48. The minimum atomic E-state index is -0.563. The molecule has 0 spiro atoms. The summed E-state index contributed by atoms with van der Waals surface area (Å²) >= 11 is 0. The summed E-state index contributed by atoms with van der Waals surface area (Å²) in [5.41, 5.74) is 2.56. The van der Waals surface area contributed by atoms with Crippen molar-refractivity contribution >= 4 is 5.78 Å². The Kier molecular flexibility index (Phi) is 4.19. The number of rotatable bonds is 5. The molecule has 3 aromatic rings. The first kappa shape index (κ1) is 15.0. The predicted octanol–water partition coefficient (Wildman–Crippen LogP) is 3.70. The third-order valence-corrected chi connectivity index (χ3v) is 3.48. The Bertz CT molecular complexity index is 778. The normalized spacial score (nSPS) is 11.9. The Balaban J connectivity index is 1.68. The minimum absolute atomic E-state index is 0.0500. The van der Waals surface area contributed by atoms with Gasteiger partial charge in [-0.15, -0.1) is 10.2 Å². The second-order valence-electron chi connectivity index (χ2n) is 5.26. The second-order valence-corrected chi connectivity index (χ2v) is 5.26. The van der Waals surface area contributed by atoms with E-state index in [1.807, 2.05) is 43.3 Å². The number of carbonyl (C=O) groups is 1. The van der Waals surface area contributed by atoms with Gasteiger partial charge in [0.1, 0.15) is 5.75 Å². The maximum absolute atomic E-state index is 12.4. The van der Waals surface area contributed by atoms with Crippen molar-refractivity contribution in [2.75, 3.05) is 0 Å². The summed E-state index contributed by atoms with van der Waals surface area (Å²) in [4.78, 5) is 12.4. The number of aryl methyl sites for hydroxylation is 1. The predicted molar refractivity (Wildman–Crippen MR) is 85.3 cm³/mol. The van der Waals surface area contributed by atoms with Crippen LogP contribution in [0.2, 0.25) is 0 Å². The number of hydrogen-bond acceptors (Lipinski definition) is 5. The molecule has 2 aromatic carbocycles. The van der Waals surface area contributed by atoms with Crippen molar-refractivity contribution in [3.05, 3.63) is 66.1 Å². The molecule has 0 saturated heterocycles. The molecule has 0 N–H and O–H groups in total. The summed E-state index contributed by atoms with van der Waals surface area (Å²) < 4.78 is 10.8. The SMILES string of the molecule is Cc1ccc(C(=O)[C@H](C)Oc2ccc(-c3nnco3)cc2)cc1. The first-order valence-electron chi connectivity index (χ1n) is 7.27. The largest absolute Gasteiger partial charge is 0.483 e. The molecule has 0 bridgehead atoms. The smallest absolute Gasteiger partial charge is 0.247 e. The molecule has 1 atom stereocenters. The van der Waals surface area contributed by atoms with Crippen molar-refractivity contribution in [2.45, 2.75) is 20.0 Å². The Morgan fingerprint density at radius 2 is 1.78 bits per heavy atom. The van der Waals surface area contributed by atoms with E-state index in [0.717, 1.165) is 11.1 Å². The highest BCUT2D eigenvalue weighted by Gasteiger charge is 2.17. The van der Waals surface area contributed by atoms with Gasteiger partial charge in [0.05, 0.1) is 0 Å². The van der Waals surface area contributed by atoms with Crippen molar-refractivity contribution in [3.8, 4) is 17.2 Å². The molecule has 3 rings (SSSR count). The third-order valence-electron chi connectivity index (χ3n) is 3.48. The first-order valence-corrected chi connectivity index (χ1v) is 7.27. The average Bonchev–Trinajstić information content (AvgIpc) is 3.10. The van der Waals surface area contributed by atoms with Crippen LogP contribution in [-0.4, -0.2) is 22.1 Å². The lowest BCUT2D eigenvalue weighted by atomic mass is 10.1. The highest BCUT2D eigenvalue weighted by Crippen LogP contribution is 2.21. The summed E-state index contributed by atoms with van der Waals surface area (Å²) in [7, 11) is 0. The first-order chi connectivity index (χ1) is 11.1. The van der Waals surface area contributed by atoms with Crippen LogP contribution in [0.1, 0.15) is 22.8 Å². The zero-order valence-electron chi connectivity index (χ0n) is 12.9. The van der Waals surface area contributed by atoms with E-state index in [1.165, 1.54) is 6.39 Å². The molecule has 0 fully saturated rings. The van der Waals surface area contributed by atoms with E-state index in [2.05, 4.69) is 10.2 Å².